The van der Waals surface area contributed by atoms with Gasteiger partial charge in [0.1, 0.15) is 0 Å². The highest BCUT2D eigenvalue weighted by molar-refractivity contribution is 5.98. The maximum atomic E-state index is 12.2. The molecule has 1 heterocycles. The molecule has 0 amide bonds. The van der Waals surface area contributed by atoms with Crippen molar-refractivity contribution in [3.8, 4) is 0 Å². The first-order chi connectivity index (χ1) is 7.68. The molecule has 1 aliphatic heterocycles. The molecule has 1 fully saturated rings. The third-order valence-electron chi connectivity index (χ3n) is 3.16. The lowest BCUT2D eigenvalue weighted by Gasteiger charge is -2.21. The number of hydrogen-bond donors (Lipinski definition) is 1. The second-order valence-electron chi connectivity index (χ2n) is 4.32. The molecule has 2 N–H and O–H groups in total. The smallest absolute Gasteiger partial charge is 0.166 e. The van der Waals surface area contributed by atoms with E-state index >= 15 is 0 Å². The second kappa shape index (κ2) is 4.66. The van der Waals surface area contributed by atoms with E-state index in [1.54, 1.807) is 6.07 Å². The van der Waals surface area contributed by atoms with E-state index in [1.165, 1.54) is 0 Å². The fraction of sp³-hybridized carbons (Fsp3) is 0.462. The van der Waals surface area contributed by atoms with Gasteiger partial charge in [-0.25, -0.2) is 0 Å². The summed E-state index contributed by atoms with van der Waals surface area (Å²) in [6.45, 7) is 3.33. The number of anilines is 1. The maximum Gasteiger partial charge on any atom is 0.166 e. The molecule has 0 bridgehead atoms. The Balaban J connectivity index is 2.16. The van der Waals surface area contributed by atoms with Gasteiger partial charge in [0.2, 0.25) is 0 Å². The Morgan fingerprint density at radius 2 is 2.06 bits per heavy atom. The summed E-state index contributed by atoms with van der Waals surface area (Å²) in [6, 6.07) is 5.55. The lowest BCUT2D eigenvalue weighted by molar-refractivity contribution is 0.0545. The Bertz CT molecular complexity index is 395. The summed E-state index contributed by atoms with van der Waals surface area (Å²) in [7, 11) is 0. The molecule has 2 rings (SSSR count). The molecule has 0 unspecified atom stereocenters. The number of aryl methyl sites for hydroxylation is 1. The van der Waals surface area contributed by atoms with Crippen molar-refractivity contribution in [2.45, 2.75) is 19.8 Å². The summed E-state index contributed by atoms with van der Waals surface area (Å²) in [4.78, 5) is 12.2. The third kappa shape index (κ3) is 2.25. The average Bonchev–Trinajstić information content (AvgIpc) is 2.33. The van der Waals surface area contributed by atoms with Crippen molar-refractivity contribution in [3.05, 3.63) is 29.3 Å². The van der Waals surface area contributed by atoms with E-state index in [4.69, 9.17) is 10.5 Å². The van der Waals surface area contributed by atoms with E-state index in [0.29, 0.717) is 18.9 Å². The van der Waals surface area contributed by atoms with Crippen molar-refractivity contribution < 1.29 is 9.53 Å². The number of carbonyl (C=O) groups excluding carboxylic acids is 1. The summed E-state index contributed by atoms with van der Waals surface area (Å²) in [6.07, 6.45) is 1.65. The predicted molar refractivity (Wildman–Crippen MR) is 63.5 cm³/mol. The Morgan fingerprint density at radius 3 is 2.69 bits per heavy atom. The molecule has 0 radical (unpaired) electrons. The molecule has 1 saturated heterocycles. The third-order valence-corrected chi connectivity index (χ3v) is 3.16. The molecule has 16 heavy (non-hydrogen) atoms. The molecular weight excluding hydrogens is 202 g/mol. The van der Waals surface area contributed by atoms with Crippen LogP contribution in [-0.2, 0) is 4.74 Å². The van der Waals surface area contributed by atoms with Crippen LogP contribution in [0.2, 0.25) is 0 Å². The largest absolute Gasteiger partial charge is 0.398 e. The van der Waals surface area contributed by atoms with Gasteiger partial charge >= 0.3 is 0 Å². The molecule has 0 spiro atoms. The minimum Gasteiger partial charge on any atom is -0.398 e. The minimum absolute atomic E-state index is 0.107. The van der Waals surface area contributed by atoms with Crippen molar-refractivity contribution in [2.24, 2.45) is 5.92 Å². The number of Topliss-reactive ketones (excluding diaryl/α,β-unsaturated/α-hetero) is 1. The molecule has 0 atom stereocenters. The van der Waals surface area contributed by atoms with E-state index in [1.807, 2.05) is 19.1 Å². The molecule has 1 aliphatic rings. The highest BCUT2D eigenvalue weighted by Crippen LogP contribution is 2.22. The van der Waals surface area contributed by atoms with Crippen LogP contribution in [0.25, 0.3) is 0 Å². The Labute approximate surface area is 95.6 Å². The second-order valence-corrected chi connectivity index (χ2v) is 4.32. The first kappa shape index (κ1) is 11.1. The van der Waals surface area contributed by atoms with Crippen molar-refractivity contribution >= 4 is 11.5 Å². The fourth-order valence-electron chi connectivity index (χ4n) is 1.99. The zero-order valence-corrected chi connectivity index (χ0v) is 9.53. The van der Waals surface area contributed by atoms with Gasteiger partial charge in [0.25, 0.3) is 0 Å². The first-order valence-electron chi connectivity index (χ1n) is 5.66. The zero-order valence-electron chi connectivity index (χ0n) is 9.53. The van der Waals surface area contributed by atoms with E-state index < -0.39 is 0 Å². The highest BCUT2D eigenvalue weighted by atomic mass is 16.5. The van der Waals surface area contributed by atoms with E-state index in [2.05, 4.69) is 0 Å². The molecule has 86 valence electrons. The Kier molecular flexibility index (Phi) is 3.25. The van der Waals surface area contributed by atoms with Gasteiger partial charge in [0.05, 0.1) is 0 Å². The molecule has 0 saturated carbocycles. The summed E-state index contributed by atoms with van der Waals surface area (Å²) in [5, 5.41) is 0. The number of nitrogen functional groups attached to an aromatic ring is 1. The first-order valence-corrected chi connectivity index (χ1v) is 5.66. The van der Waals surface area contributed by atoms with Crippen LogP contribution >= 0.6 is 0 Å². The monoisotopic (exact) mass is 219 g/mol. The summed E-state index contributed by atoms with van der Waals surface area (Å²) in [5.74, 6) is 0.311. The molecule has 1 aromatic carbocycles. The number of carbonyl (C=O) groups is 1. The van der Waals surface area contributed by atoms with E-state index in [0.717, 1.165) is 24.0 Å². The van der Waals surface area contributed by atoms with Crippen LogP contribution in [0.3, 0.4) is 0 Å². The van der Waals surface area contributed by atoms with Crippen LogP contribution in [0.1, 0.15) is 28.8 Å². The average molecular weight is 219 g/mol. The van der Waals surface area contributed by atoms with Crippen LogP contribution in [0.4, 0.5) is 5.69 Å². The minimum atomic E-state index is 0.107. The summed E-state index contributed by atoms with van der Waals surface area (Å²) in [5.41, 5.74) is 8.25. The quantitative estimate of drug-likeness (QED) is 0.612. The van der Waals surface area contributed by atoms with Gasteiger partial charge in [0.15, 0.2) is 5.78 Å². The SMILES string of the molecule is Cc1ccc(C(=O)C2CCOCC2)cc1N. The molecule has 3 nitrogen and oxygen atoms in total. The topological polar surface area (TPSA) is 52.3 Å². The van der Waals surface area contributed by atoms with Crippen molar-refractivity contribution in [1.82, 2.24) is 0 Å². The predicted octanol–water partition coefficient (Wildman–Crippen LogP) is 2.19. The van der Waals surface area contributed by atoms with Crippen molar-refractivity contribution in [3.63, 3.8) is 0 Å². The Morgan fingerprint density at radius 1 is 1.38 bits per heavy atom. The number of ketones is 1. The molecule has 1 aromatic rings. The maximum absolute atomic E-state index is 12.2. The molecular formula is C13H17NO2. The van der Waals surface area contributed by atoms with E-state index in [-0.39, 0.29) is 11.7 Å². The fourth-order valence-corrected chi connectivity index (χ4v) is 1.99. The van der Waals surface area contributed by atoms with Crippen LogP contribution in [0, 0.1) is 12.8 Å². The lowest BCUT2D eigenvalue weighted by atomic mass is 9.90. The van der Waals surface area contributed by atoms with Crippen LogP contribution in [-0.4, -0.2) is 19.0 Å². The van der Waals surface area contributed by atoms with Gasteiger partial charge in [-0.3, -0.25) is 4.79 Å². The number of nitrogens with two attached hydrogens (primary N) is 1. The van der Waals surface area contributed by atoms with Crippen molar-refractivity contribution in [2.75, 3.05) is 18.9 Å². The number of ether oxygens (including phenoxy) is 1. The van der Waals surface area contributed by atoms with Crippen LogP contribution in [0.5, 0.6) is 0 Å². The van der Waals surface area contributed by atoms with Gasteiger partial charge in [0, 0.05) is 30.4 Å². The van der Waals surface area contributed by atoms with Gasteiger partial charge in [-0.2, -0.15) is 0 Å². The molecule has 3 heteroatoms. The Hall–Kier alpha value is -1.35. The van der Waals surface area contributed by atoms with Gasteiger partial charge < -0.3 is 10.5 Å². The van der Waals surface area contributed by atoms with Gasteiger partial charge in [-0.05, 0) is 31.4 Å². The number of hydrogen-bond acceptors (Lipinski definition) is 3. The van der Waals surface area contributed by atoms with Crippen molar-refractivity contribution in [1.29, 1.82) is 0 Å². The standard InChI is InChI=1S/C13H17NO2/c1-9-2-3-11(8-12(9)14)13(15)10-4-6-16-7-5-10/h2-3,8,10H,4-7,14H2,1H3. The summed E-state index contributed by atoms with van der Waals surface area (Å²) >= 11 is 0. The van der Waals surface area contributed by atoms with Gasteiger partial charge in [-0.15, -0.1) is 0 Å². The number of rotatable bonds is 2. The highest BCUT2D eigenvalue weighted by Gasteiger charge is 2.22. The lowest BCUT2D eigenvalue weighted by Crippen LogP contribution is -2.23. The summed E-state index contributed by atoms with van der Waals surface area (Å²) < 4.78 is 5.25. The molecule has 0 aromatic heterocycles. The van der Waals surface area contributed by atoms with E-state index in [9.17, 15) is 4.79 Å². The normalized spacial score (nSPS) is 17.3. The number of benzene rings is 1. The van der Waals surface area contributed by atoms with Crippen LogP contribution in [0.15, 0.2) is 18.2 Å². The molecule has 0 aliphatic carbocycles. The van der Waals surface area contributed by atoms with Crippen LogP contribution < -0.4 is 5.73 Å². The van der Waals surface area contributed by atoms with Gasteiger partial charge in [-0.1, -0.05) is 12.1 Å². The zero-order chi connectivity index (χ0) is 11.5.